The van der Waals surface area contributed by atoms with Crippen LogP contribution in [0.2, 0.25) is 0 Å². The Bertz CT molecular complexity index is 336. The highest BCUT2D eigenvalue weighted by molar-refractivity contribution is 7.97. The molecule has 0 fully saturated rings. The summed E-state index contributed by atoms with van der Waals surface area (Å²) in [6.45, 7) is 5.51. The van der Waals surface area contributed by atoms with E-state index in [2.05, 4.69) is 10.1 Å². The Morgan fingerprint density at radius 2 is 2.20 bits per heavy atom. The molecular formula is C10H16N2O2S. The number of ketones is 1. The van der Waals surface area contributed by atoms with Crippen LogP contribution in [0.3, 0.4) is 0 Å². The van der Waals surface area contributed by atoms with Crippen LogP contribution in [0.5, 0.6) is 0 Å². The molecule has 0 aliphatic heterocycles. The van der Waals surface area contributed by atoms with E-state index in [1.165, 1.54) is 0 Å². The summed E-state index contributed by atoms with van der Waals surface area (Å²) < 4.78 is 5.11. The van der Waals surface area contributed by atoms with Gasteiger partial charge in [-0.2, -0.15) is 16.7 Å². The molecule has 1 atom stereocenters. The van der Waals surface area contributed by atoms with E-state index in [4.69, 9.17) is 4.52 Å². The second-order valence-corrected chi connectivity index (χ2v) is 4.68. The van der Waals surface area contributed by atoms with Crippen molar-refractivity contribution in [1.29, 1.82) is 0 Å². The van der Waals surface area contributed by atoms with Crippen molar-refractivity contribution in [3.63, 3.8) is 0 Å². The van der Waals surface area contributed by atoms with E-state index in [-0.39, 0.29) is 17.6 Å². The van der Waals surface area contributed by atoms with E-state index in [9.17, 15) is 4.79 Å². The smallest absolute Gasteiger partial charge is 0.237 e. The summed E-state index contributed by atoms with van der Waals surface area (Å²) in [6, 6.07) is 0. The molecule has 0 spiro atoms. The molecule has 1 aromatic heterocycles. The minimum absolute atomic E-state index is 0.0735. The standard InChI is InChI=1S/C10H16N2O2S/c1-6(2)9(7(3)13)10-11-8(5-15-4)12-14-10/h6,9H,5H2,1-4H3. The number of carbonyl (C=O) groups excluding carboxylic acids is 1. The largest absolute Gasteiger partial charge is 0.339 e. The lowest BCUT2D eigenvalue weighted by Crippen LogP contribution is -2.15. The van der Waals surface area contributed by atoms with Gasteiger partial charge in [0.05, 0.1) is 11.7 Å². The normalized spacial score (nSPS) is 13.1. The molecule has 1 rings (SSSR count). The van der Waals surface area contributed by atoms with Crippen LogP contribution in [0.15, 0.2) is 4.52 Å². The van der Waals surface area contributed by atoms with Crippen molar-refractivity contribution >= 4 is 17.5 Å². The zero-order chi connectivity index (χ0) is 11.4. The van der Waals surface area contributed by atoms with Gasteiger partial charge in [-0.25, -0.2) is 0 Å². The lowest BCUT2D eigenvalue weighted by Gasteiger charge is -2.12. The van der Waals surface area contributed by atoms with Crippen LogP contribution in [0.4, 0.5) is 0 Å². The molecule has 0 aromatic carbocycles. The molecule has 0 bridgehead atoms. The molecule has 0 saturated heterocycles. The van der Waals surface area contributed by atoms with E-state index in [1.807, 2.05) is 20.1 Å². The SMILES string of the molecule is CSCc1noc(C(C(C)=O)C(C)C)n1. The Kier molecular flexibility index (Phi) is 4.32. The Morgan fingerprint density at radius 1 is 1.53 bits per heavy atom. The summed E-state index contributed by atoms with van der Waals surface area (Å²) in [5, 5.41) is 3.83. The van der Waals surface area contributed by atoms with Gasteiger partial charge in [0.1, 0.15) is 5.78 Å². The molecule has 4 nitrogen and oxygen atoms in total. The van der Waals surface area contributed by atoms with Gasteiger partial charge in [0.2, 0.25) is 5.89 Å². The van der Waals surface area contributed by atoms with Crippen molar-refractivity contribution in [3.8, 4) is 0 Å². The van der Waals surface area contributed by atoms with Gasteiger partial charge in [-0.1, -0.05) is 19.0 Å². The molecule has 1 unspecified atom stereocenters. The van der Waals surface area contributed by atoms with Crippen molar-refractivity contribution in [1.82, 2.24) is 10.1 Å². The Balaban J connectivity index is 2.87. The summed E-state index contributed by atoms with van der Waals surface area (Å²) in [5.74, 6) is 1.81. The zero-order valence-corrected chi connectivity index (χ0v) is 10.3. The quantitative estimate of drug-likeness (QED) is 0.773. The third-order valence-corrected chi connectivity index (χ3v) is 2.67. The Morgan fingerprint density at radius 3 is 2.67 bits per heavy atom. The first kappa shape index (κ1) is 12.2. The third-order valence-electron chi connectivity index (χ3n) is 2.13. The fraction of sp³-hybridized carbons (Fsp3) is 0.700. The van der Waals surface area contributed by atoms with Crippen LogP contribution in [0, 0.1) is 5.92 Å². The number of hydrogen-bond acceptors (Lipinski definition) is 5. The second-order valence-electron chi connectivity index (χ2n) is 3.81. The maximum absolute atomic E-state index is 11.4. The molecule has 0 radical (unpaired) electrons. The van der Waals surface area contributed by atoms with Gasteiger partial charge in [-0.05, 0) is 19.1 Å². The molecule has 1 heterocycles. The monoisotopic (exact) mass is 228 g/mol. The third kappa shape index (κ3) is 3.06. The molecular weight excluding hydrogens is 212 g/mol. The van der Waals surface area contributed by atoms with Gasteiger partial charge in [0.25, 0.3) is 0 Å². The van der Waals surface area contributed by atoms with Crippen LogP contribution < -0.4 is 0 Å². The summed E-state index contributed by atoms with van der Waals surface area (Å²) in [4.78, 5) is 15.6. The number of rotatable bonds is 5. The zero-order valence-electron chi connectivity index (χ0n) is 9.48. The lowest BCUT2D eigenvalue weighted by atomic mass is 9.92. The highest BCUT2D eigenvalue weighted by Crippen LogP contribution is 2.24. The number of aromatic nitrogens is 2. The Labute approximate surface area is 93.8 Å². The van der Waals surface area contributed by atoms with E-state index < -0.39 is 0 Å². The van der Waals surface area contributed by atoms with Gasteiger partial charge in [0.15, 0.2) is 5.82 Å². The maximum Gasteiger partial charge on any atom is 0.237 e. The fourth-order valence-corrected chi connectivity index (χ4v) is 1.89. The molecule has 5 heteroatoms. The Hall–Kier alpha value is -0.840. The highest BCUT2D eigenvalue weighted by Gasteiger charge is 2.26. The molecule has 0 amide bonds. The van der Waals surface area contributed by atoms with Crippen LogP contribution in [0.25, 0.3) is 0 Å². The average molecular weight is 228 g/mol. The van der Waals surface area contributed by atoms with Crippen molar-refractivity contribution in [2.24, 2.45) is 5.92 Å². The number of thioether (sulfide) groups is 1. The van der Waals surface area contributed by atoms with Crippen LogP contribution in [-0.2, 0) is 10.5 Å². The van der Waals surface area contributed by atoms with Crippen molar-refractivity contribution in [2.75, 3.05) is 6.26 Å². The molecule has 0 aliphatic carbocycles. The molecule has 1 aromatic rings. The predicted octanol–water partition coefficient (Wildman–Crippen LogP) is 2.26. The molecule has 0 aliphatic rings. The summed E-state index contributed by atoms with van der Waals surface area (Å²) >= 11 is 1.63. The maximum atomic E-state index is 11.4. The predicted molar refractivity (Wildman–Crippen MR) is 59.8 cm³/mol. The van der Waals surface area contributed by atoms with E-state index >= 15 is 0 Å². The van der Waals surface area contributed by atoms with Gasteiger partial charge < -0.3 is 4.52 Å². The molecule has 0 N–H and O–H groups in total. The van der Waals surface area contributed by atoms with Crippen molar-refractivity contribution in [2.45, 2.75) is 32.4 Å². The van der Waals surface area contributed by atoms with Crippen LogP contribution >= 0.6 is 11.8 Å². The molecule has 0 saturated carbocycles. The van der Waals surface area contributed by atoms with Crippen LogP contribution in [-0.4, -0.2) is 22.2 Å². The summed E-state index contributed by atoms with van der Waals surface area (Å²) in [5.41, 5.74) is 0. The van der Waals surface area contributed by atoms with Gasteiger partial charge in [-0.3, -0.25) is 4.79 Å². The topological polar surface area (TPSA) is 56.0 Å². The van der Waals surface area contributed by atoms with Gasteiger partial charge in [-0.15, -0.1) is 0 Å². The van der Waals surface area contributed by atoms with Crippen molar-refractivity contribution in [3.05, 3.63) is 11.7 Å². The first-order chi connectivity index (χ1) is 7.06. The highest BCUT2D eigenvalue weighted by atomic mass is 32.2. The number of Topliss-reactive ketones (excluding diaryl/α,β-unsaturated/α-hetero) is 1. The van der Waals surface area contributed by atoms with Gasteiger partial charge >= 0.3 is 0 Å². The van der Waals surface area contributed by atoms with Gasteiger partial charge in [0, 0.05) is 0 Å². The van der Waals surface area contributed by atoms with Crippen molar-refractivity contribution < 1.29 is 9.32 Å². The number of carbonyl (C=O) groups is 1. The summed E-state index contributed by atoms with van der Waals surface area (Å²) in [7, 11) is 0. The minimum atomic E-state index is -0.270. The average Bonchev–Trinajstić information content (AvgIpc) is 2.52. The first-order valence-electron chi connectivity index (χ1n) is 4.88. The first-order valence-corrected chi connectivity index (χ1v) is 6.27. The lowest BCUT2D eigenvalue weighted by molar-refractivity contribution is -0.119. The molecule has 84 valence electrons. The number of hydrogen-bond donors (Lipinski definition) is 0. The molecule has 15 heavy (non-hydrogen) atoms. The van der Waals surface area contributed by atoms with Crippen LogP contribution in [0.1, 0.15) is 38.4 Å². The van der Waals surface area contributed by atoms with E-state index in [0.29, 0.717) is 17.5 Å². The minimum Gasteiger partial charge on any atom is -0.339 e. The number of nitrogens with zero attached hydrogens (tertiary/aromatic N) is 2. The summed E-state index contributed by atoms with van der Waals surface area (Å²) in [6.07, 6.45) is 1.97. The van der Waals surface area contributed by atoms with E-state index in [0.717, 1.165) is 0 Å². The second kappa shape index (κ2) is 5.30. The van der Waals surface area contributed by atoms with E-state index in [1.54, 1.807) is 18.7 Å². The fourth-order valence-electron chi connectivity index (χ4n) is 1.51.